The number of rotatable bonds is 10. The summed E-state index contributed by atoms with van der Waals surface area (Å²) in [6.07, 6.45) is 2.94. The van der Waals surface area contributed by atoms with Crippen molar-refractivity contribution in [3.05, 3.63) is 28.7 Å². The van der Waals surface area contributed by atoms with Gasteiger partial charge in [0.05, 0.1) is 18.5 Å². The van der Waals surface area contributed by atoms with E-state index in [1.165, 1.54) is 23.1 Å². The average Bonchev–Trinajstić information content (AvgIpc) is 3.19. The second-order valence-electron chi connectivity index (χ2n) is 5.12. The van der Waals surface area contributed by atoms with Crippen LogP contribution in [0.15, 0.2) is 28.7 Å². The molecule has 2 aromatic heterocycles. The maximum absolute atomic E-state index is 12.5. The number of carbonyl (C=O) groups is 1. The van der Waals surface area contributed by atoms with Gasteiger partial charge in [0.2, 0.25) is 0 Å². The molecule has 0 aliphatic heterocycles. The van der Waals surface area contributed by atoms with E-state index in [1.54, 1.807) is 19.5 Å². The van der Waals surface area contributed by atoms with Crippen molar-refractivity contribution in [2.24, 2.45) is 7.05 Å². The number of sulfonamides is 1. The van der Waals surface area contributed by atoms with Crippen LogP contribution in [-0.4, -0.2) is 57.5 Å². The van der Waals surface area contributed by atoms with Gasteiger partial charge in [-0.1, -0.05) is 0 Å². The molecule has 13 heteroatoms. The molecule has 154 valence electrons. The molecule has 2 heterocycles. The summed E-state index contributed by atoms with van der Waals surface area (Å²) in [6.45, 7) is 2.22. The first kappa shape index (κ1) is 25.6. The van der Waals surface area contributed by atoms with Crippen LogP contribution in [0.25, 0.3) is 0 Å². The van der Waals surface area contributed by atoms with E-state index in [4.69, 9.17) is 4.74 Å². The summed E-state index contributed by atoms with van der Waals surface area (Å²) in [4.78, 5) is 12.4. The largest absolute Gasteiger partial charge is 0.383 e. The highest BCUT2D eigenvalue weighted by Gasteiger charge is 2.24. The van der Waals surface area contributed by atoms with Gasteiger partial charge in [0.25, 0.3) is 15.9 Å². The molecule has 0 bridgehead atoms. The number of nitrogens with one attached hydrogen (secondary N) is 3. The van der Waals surface area contributed by atoms with Gasteiger partial charge in [-0.15, -0.1) is 36.2 Å². The zero-order valence-corrected chi connectivity index (χ0v) is 18.1. The van der Waals surface area contributed by atoms with Gasteiger partial charge in [0, 0.05) is 40.0 Å². The van der Waals surface area contributed by atoms with E-state index in [1.807, 2.05) is 0 Å². The summed E-state index contributed by atoms with van der Waals surface area (Å²) in [5, 5.41) is 11.3. The minimum Gasteiger partial charge on any atom is -0.383 e. The molecular formula is C14H23Cl2N5O4S2. The van der Waals surface area contributed by atoms with E-state index in [2.05, 4.69) is 20.5 Å². The smallest absolute Gasteiger partial charge is 0.263 e. The van der Waals surface area contributed by atoms with Crippen LogP contribution < -0.4 is 15.4 Å². The Morgan fingerprint density at radius 1 is 1.30 bits per heavy atom. The van der Waals surface area contributed by atoms with Crippen molar-refractivity contribution in [2.45, 2.75) is 4.90 Å². The molecule has 0 aliphatic carbocycles. The number of carbonyl (C=O) groups excluding carboxylic acids is 1. The standard InChI is InChI=1S/C14H21N5O4S2.2ClH/c1-19-10-11(9-17-19)18-25(21,22)12-3-8-24-13(12)14(20)16-5-4-15-6-7-23-2;;/h3,8-10,15,18H,4-7H2,1-2H3,(H,16,20);2*1H. The molecule has 2 aromatic rings. The van der Waals surface area contributed by atoms with E-state index < -0.39 is 15.9 Å². The Hall–Kier alpha value is -1.37. The molecule has 27 heavy (non-hydrogen) atoms. The molecule has 0 spiro atoms. The maximum Gasteiger partial charge on any atom is 0.263 e. The van der Waals surface area contributed by atoms with Gasteiger partial charge in [-0.25, -0.2) is 8.42 Å². The predicted octanol–water partition coefficient (Wildman–Crippen LogP) is 1.09. The number of methoxy groups -OCH3 is 1. The van der Waals surface area contributed by atoms with Crippen LogP contribution in [0.3, 0.4) is 0 Å². The van der Waals surface area contributed by atoms with Crippen LogP contribution in [0.5, 0.6) is 0 Å². The van der Waals surface area contributed by atoms with Gasteiger partial charge >= 0.3 is 0 Å². The number of halogens is 2. The predicted molar refractivity (Wildman–Crippen MR) is 110 cm³/mol. The third-order valence-electron chi connectivity index (χ3n) is 3.15. The number of aryl methyl sites for hydroxylation is 1. The summed E-state index contributed by atoms with van der Waals surface area (Å²) in [7, 11) is -0.566. The first-order valence-corrected chi connectivity index (χ1v) is 9.87. The van der Waals surface area contributed by atoms with Crippen molar-refractivity contribution >= 4 is 57.8 Å². The number of thiophene rings is 1. The SMILES string of the molecule is COCCNCCNC(=O)c1sccc1S(=O)(=O)Nc1cnn(C)c1.Cl.Cl. The highest BCUT2D eigenvalue weighted by Crippen LogP contribution is 2.24. The highest BCUT2D eigenvalue weighted by atomic mass is 35.5. The van der Waals surface area contributed by atoms with Crippen molar-refractivity contribution in [3.8, 4) is 0 Å². The molecule has 0 fully saturated rings. The first-order valence-electron chi connectivity index (χ1n) is 7.51. The number of hydrogen-bond acceptors (Lipinski definition) is 7. The molecule has 0 aromatic carbocycles. The summed E-state index contributed by atoms with van der Waals surface area (Å²) in [5.74, 6) is -0.421. The summed E-state index contributed by atoms with van der Waals surface area (Å²) >= 11 is 1.08. The molecule has 2 rings (SSSR count). The number of anilines is 1. The molecular weight excluding hydrogens is 437 g/mol. The van der Waals surface area contributed by atoms with Crippen LogP contribution in [0.1, 0.15) is 9.67 Å². The average molecular weight is 460 g/mol. The number of hydrogen-bond donors (Lipinski definition) is 3. The number of nitrogens with zero attached hydrogens (tertiary/aromatic N) is 2. The van der Waals surface area contributed by atoms with Gasteiger partial charge < -0.3 is 15.4 Å². The zero-order valence-electron chi connectivity index (χ0n) is 14.8. The third kappa shape index (κ3) is 7.64. The zero-order chi connectivity index (χ0) is 18.3. The molecule has 0 saturated carbocycles. The third-order valence-corrected chi connectivity index (χ3v) is 5.62. The Bertz CT molecular complexity index is 810. The van der Waals surface area contributed by atoms with E-state index in [-0.39, 0.29) is 34.6 Å². The van der Waals surface area contributed by atoms with Gasteiger partial charge in [-0.3, -0.25) is 14.2 Å². The molecule has 0 aliphatic rings. The Morgan fingerprint density at radius 3 is 2.67 bits per heavy atom. The van der Waals surface area contributed by atoms with E-state index >= 15 is 0 Å². The van der Waals surface area contributed by atoms with Crippen LogP contribution >= 0.6 is 36.2 Å². The van der Waals surface area contributed by atoms with Crippen LogP contribution in [0.4, 0.5) is 5.69 Å². The Morgan fingerprint density at radius 2 is 2.04 bits per heavy atom. The quantitative estimate of drug-likeness (QED) is 0.458. The van der Waals surface area contributed by atoms with E-state index in [0.29, 0.717) is 31.9 Å². The lowest BCUT2D eigenvalue weighted by molar-refractivity contribution is 0.0955. The normalized spacial score (nSPS) is 10.6. The van der Waals surface area contributed by atoms with E-state index in [0.717, 1.165) is 11.3 Å². The van der Waals surface area contributed by atoms with Crippen LogP contribution in [0, 0.1) is 0 Å². The molecule has 3 N–H and O–H groups in total. The summed E-state index contributed by atoms with van der Waals surface area (Å²) in [5.41, 5.74) is 0.336. The number of aromatic nitrogens is 2. The van der Waals surface area contributed by atoms with Crippen molar-refractivity contribution in [2.75, 3.05) is 38.1 Å². The lowest BCUT2D eigenvalue weighted by atomic mass is 10.4. The maximum atomic E-state index is 12.5. The minimum atomic E-state index is -3.86. The van der Waals surface area contributed by atoms with Gasteiger partial charge in [-0.2, -0.15) is 5.10 Å². The van der Waals surface area contributed by atoms with Gasteiger partial charge in [0.15, 0.2) is 0 Å². The lowest BCUT2D eigenvalue weighted by Crippen LogP contribution is -2.33. The lowest BCUT2D eigenvalue weighted by Gasteiger charge is -2.08. The topological polar surface area (TPSA) is 114 Å². The van der Waals surface area contributed by atoms with Gasteiger partial charge in [0.1, 0.15) is 9.77 Å². The second kappa shape index (κ2) is 12.2. The van der Waals surface area contributed by atoms with Crippen LogP contribution in [-0.2, 0) is 21.8 Å². The Balaban J connectivity index is 0.00000338. The minimum absolute atomic E-state index is 0. The number of ether oxygens (including phenoxy) is 1. The Kier molecular flexibility index (Phi) is 11.5. The fourth-order valence-corrected chi connectivity index (χ4v) is 4.38. The van der Waals surface area contributed by atoms with Gasteiger partial charge in [-0.05, 0) is 11.4 Å². The van der Waals surface area contributed by atoms with Crippen molar-refractivity contribution in [1.29, 1.82) is 0 Å². The molecule has 9 nitrogen and oxygen atoms in total. The Labute approximate surface area is 174 Å². The monoisotopic (exact) mass is 459 g/mol. The fourth-order valence-electron chi connectivity index (χ4n) is 2.00. The second-order valence-corrected chi connectivity index (χ2v) is 7.69. The summed E-state index contributed by atoms with van der Waals surface area (Å²) in [6, 6.07) is 1.41. The molecule has 0 unspecified atom stereocenters. The first-order chi connectivity index (χ1) is 11.9. The molecule has 1 amide bonds. The number of amides is 1. The summed E-state index contributed by atoms with van der Waals surface area (Å²) < 4.78 is 33.8. The fraction of sp³-hybridized carbons (Fsp3) is 0.429. The molecule has 0 saturated heterocycles. The van der Waals surface area contributed by atoms with Crippen molar-refractivity contribution in [1.82, 2.24) is 20.4 Å². The van der Waals surface area contributed by atoms with Crippen molar-refractivity contribution in [3.63, 3.8) is 0 Å². The van der Waals surface area contributed by atoms with E-state index in [9.17, 15) is 13.2 Å². The highest BCUT2D eigenvalue weighted by molar-refractivity contribution is 7.93. The molecule has 0 atom stereocenters. The molecule has 0 radical (unpaired) electrons. The van der Waals surface area contributed by atoms with Crippen LogP contribution in [0.2, 0.25) is 0 Å². The van der Waals surface area contributed by atoms with Crippen molar-refractivity contribution < 1.29 is 17.9 Å².